The normalized spacial score (nSPS) is 15.3. The number of benzene rings is 3. The van der Waals surface area contributed by atoms with Crippen LogP contribution in [-0.2, 0) is 6.54 Å². The van der Waals surface area contributed by atoms with E-state index in [1.807, 2.05) is 22.9 Å². The highest BCUT2D eigenvalue weighted by molar-refractivity contribution is 6.02. The van der Waals surface area contributed by atoms with E-state index in [9.17, 15) is 0 Å². The molecule has 1 atom stereocenters. The third kappa shape index (κ3) is 4.14. The van der Waals surface area contributed by atoms with Gasteiger partial charge in [0.25, 0.3) is 0 Å². The van der Waals surface area contributed by atoms with Crippen LogP contribution in [0.4, 0.5) is 0 Å². The first kappa shape index (κ1) is 20.1. The van der Waals surface area contributed by atoms with Gasteiger partial charge in [0.15, 0.2) is 0 Å². The molecule has 32 heavy (non-hydrogen) atoms. The van der Waals surface area contributed by atoms with E-state index < -0.39 is 0 Å². The summed E-state index contributed by atoms with van der Waals surface area (Å²) < 4.78 is 7.32. The zero-order chi connectivity index (χ0) is 21.9. The van der Waals surface area contributed by atoms with Gasteiger partial charge in [-0.1, -0.05) is 60.2 Å². The van der Waals surface area contributed by atoms with E-state index in [1.165, 1.54) is 11.1 Å². The van der Waals surface area contributed by atoms with E-state index in [4.69, 9.17) is 9.84 Å². The van der Waals surface area contributed by atoms with Crippen LogP contribution in [0.3, 0.4) is 0 Å². The number of hydrogen-bond donors (Lipinski definition) is 1. The van der Waals surface area contributed by atoms with Gasteiger partial charge in [-0.15, -0.1) is 0 Å². The molecule has 2 heterocycles. The Morgan fingerprint density at radius 1 is 0.938 bits per heavy atom. The predicted octanol–water partition coefficient (Wildman–Crippen LogP) is 5.35. The SMILES string of the molecule is COc1ccc(C2=NNC(c3cn(Cc4ccccc4)nc3-c3ccc(C)cc3)C2)cc1. The highest BCUT2D eigenvalue weighted by Gasteiger charge is 2.26. The van der Waals surface area contributed by atoms with Crippen molar-refractivity contribution in [1.82, 2.24) is 15.2 Å². The van der Waals surface area contributed by atoms with Crippen molar-refractivity contribution in [3.8, 4) is 17.0 Å². The molecule has 1 aliphatic rings. The number of hydrazone groups is 1. The molecular formula is C27H26N4O. The van der Waals surface area contributed by atoms with Crippen LogP contribution in [-0.4, -0.2) is 22.6 Å². The molecule has 1 aliphatic heterocycles. The lowest BCUT2D eigenvalue weighted by molar-refractivity contribution is 0.415. The first-order chi connectivity index (χ1) is 15.7. The predicted molar refractivity (Wildman–Crippen MR) is 128 cm³/mol. The number of nitrogens with zero attached hydrogens (tertiary/aromatic N) is 3. The molecule has 5 heteroatoms. The fourth-order valence-corrected chi connectivity index (χ4v) is 4.06. The lowest BCUT2D eigenvalue weighted by atomic mass is 9.97. The Morgan fingerprint density at radius 2 is 1.66 bits per heavy atom. The molecule has 1 N–H and O–H groups in total. The van der Waals surface area contributed by atoms with Crippen LogP contribution in [0.25, 0.3) is 11.3 Å². The van der Waals surface area contributed by atoms with Gasteiger partial charge in [0.05, 0.1) is 31.1 Å². The fraction of sp³-hybridized carbons (Fsp3) is 0.185. The summed E-state index contributed by atoms with van der Waals surface area (Å²) in [7, 11) is 1.68. The number of nitrogens with one attached hydrogen (secondary N) is 1. The van der Waals surface area contributed by atoms with E-state index in [0.717, 1.165) is 46.8 Å². The summed E-state index contributed by atoms with van der Waals surface area (Å²) in [5.74, 6) is 0.848. The molecule has 0 spiro atoms. The van der Waals surface area contributed by atoms with Crippen molar-refractivity contribution in [2.45, 2.75) is 25.9 Å². The quantitative estimate of drug-likeness (QED) is 0.455. The minimum Gasteiger partial charge on any atom is -0.497 e. The lowest BCUT2D eigenvalue weighted by Gasteiger charge is -2.10. The summed E-state index contributed by atoms with van der Waals surface area (Å²) >= 11 is 0. The third-order valence-electron chi connectivity index (χ3n) is 5.85. The molecule has 0 saturated carbocycles. The van der Waals surface area contributed by atoms with Gasteiger partial charge >= 0.3 is 0 Å². The second-order valence-electron chi connectivity index (χ2n) is 8.16. The molecule has 0 radical (unpaired) electrons. The molecular weight excluding hydrogens is 396 g/mol. The topological polar surface area (TPSA) is 51.4 Å². The number of ether oxygens (including phenoxy) is 1. The van der Waals surface area contributed by atoms with Gasteiger partial charge in [-0.2, -0.15) is 10.2 Å². The summed E-state index contributed by atoms with van der Waals surface area (Å²) in [4.78, 5) is 0. The minimum atomic E-state index is 0.0768. The molecule has 3 aromatic carbocycles. The van der Waals surface area contributed by atoms with Crippen molar-refractivity contribution in [3.05, 3.63) is 107 Å². The highest BCUT2D eigenvalue weighted by atomic mass is 16.5. The second-order valence-corrected chi connectivity index (χ2v) is 8.16. The summed E-state index contributed by atoms with van der Waals surface area (Å²) in [6.45, 7) is 2.84. The van der Waals surface area contributed by atoms with E-state index in [2.05, 4.69) is 84.3 Å². The first-order valence-corrected chi connectivity index (χ1v) is 10.8. The Kier molecular flexibility index (Phi) is 5.46. The van der Waals surface area contributed by atoms with Crippen LogP contribution in [0.5, 0.6) is 5.75 Å². The number of methoxy groups -OCH3 is 1. The fourth-order valence-electron chi connectivity index (χ4n) is 4.06. The zero-order valence-corrected chi connectivity index (χ0v) is 18.3. The van der Waals surface area contributed by atoms with Crippen molar-refractivity contribution in [1.29, 1.82) is 0 Å². The van der Waals surface area contributed by atoms with E-state index in [-0.39, 0.29) is 6.04 Å². The maximum Gasteiger partial charge on any atom is 0.118 e. The van der Waals surface area contributed by atoms with E-state index >= 15 is 0 Å². The van der Waals surface area contributed by atoms with Crippen molar-refractivity contribution in [2.24, 2.45) is 5.10 Å². The average Bonchev–Trinajstić information content (AvgIpc) is 3.48. The van der Waals surface area contributed by atoms with Gasteiger partial charge < -0.3 is 10.2 Å². The second kappa shape index (κ2) is 8.71. The largest absolute Gasteiger partial charge is 0.497 e. The minimum absolute atomic E-state index is 0.0768. The van der Waals surface area contributed by atoms with Crippen LogP contribution in [0.1, 0.15) is 34.7 Å². The van der Waals surface area contributed by atoms with Crippen LogP contribution in [0, 0.1) is 6.92 Å². The molecule has 0 saturated heterocycles. The van der Waals surface area contributed by atoms with E-state index in [1.54, 1.807) is 7.11 Å². The molecule has 1 aromatic heterocycles. The average molecular weight is 423 g/mol. The molecule has 0 bridgehead atoms. The van der Waals surface area contributed by atoms with Crippen molar-refractivity contribution in [3.63, 3.8) is 0 Å². The van der Waals surface area contributed by atoms with Crippen LogP contribution < -0.4 is 10.2 Å². The molecule has 4 aromatic rings. The number of aryl methyl sites for hydroxylation is 1. The van der Waals surface area contributed by atoms with Gasteiger partial charge in [0.2, 0.25) is 0 Å². The summed E-state index contributed by atoms with van der Waals surface area (Å²) in [5.41, 5.74) is 11.3. The molecule has 0 amide bonds. The highest BCUT2D eigenvalue weighted by Crippen LogP contribution is 2.33. The monoisotopic (exact) mass is 422 g/mol. The number of aromatic nitrogens is 2. The Labute approximate surface area is 188 Å². The Hall–Kier alpha value is -3.86. The maximum atomic E-state index is 5.28. The first-order valence-electron chi connectivity index (χ1n) is 10.8. The van der Waals surface area contributed by atoms with Crippen molar-refractivity contribution in [2.75, 3.05) is 7.11 Å². The van der Waals surface area contributed by atoms with Crippen molar-refractivity contribution < 1.29 is 4.74 Å². The van der Waals surface area contributed by atoms with Crippen molar-refractivity contribution >= 4 is 5.71 Å². The molecule has 0 fully saturated rings. The summed E-state index contributed by atoms with van der Waals surface area (Å²) in [6, 6.07) is 27.1. The number of rotatable bonds is 6. The Bertz CT molecular complexity index is 1230. The number of hydrogen-bond acceptors (Lipinski definition) is 4. The van der Waals surface area contributed by atoms with Crippen LogP contribution >= 0.6 is 0 Å². The van der Waals surface area contributed by atoms with Gasteiger partial charge in [-0.3, -0.25) is 4.68 Å². The summed E-state index contributed by atoms with van der Waals surface area (Å²) in [5, 5.41) is 9.63. The van der Waals surface area contributed by atoms with Gasteiger partial charge in [0, 0.05) is 23.7 Å². The van der Waals surface area contributed by atoms with Gasteiger partial charge in [-0.25, -0.2) is 0 Å². The van der Waals surface area contributed by atoms with Crippen LogP contribution in [0.2, 0.25) is 0 Å². The van der Waals surface area contributed by atoms with Crippen LogP contribution in [0.15, 0.2) is 90.2 Å². The smallest absolute Gasteiger partial charge is 0.118 e. The van der Waals surface area contributed by atoms with Gasteiger partial charge in [0.1, 0.15) is 5.75 Å². The Morgan fingerprint density at radius 3 is 2.38 bits per heavy atom. The standard InChI is InChI=1S/C27H26N4O/c1-19-8-10-22(11-9-19)27-24(18-31(30-27)17-20-6-4-3-5-7-20)26-16-25(28-29-26)21-12-14-23(32-2)15-13-21/h3-15,18,26,29H,16-17H2,1-2H3. The maximum absolute atomic E-state index is 5.28. The molecule has 5 rings (SSSR count). The summed E-state index contributed by atoms with van der Waals surface area (Å²) in [6.07, 6.45) is 2.97. The van der Waals surface area contributed by atoms with Gasteiger partial charge in [-0.05, 0) is 42.3 Å². The molecule has 160 valence electrons. The Balaban J connectivity index is 1.44. The molecule has 5 nitrogen and oxygen atoms in total. The molecule has 1 unspecified atom stereocenters. The molecule has 0 aliphatic carbocycles. The third-order valence-corrected chi connectivity index (χ3v) is 5.85. The zero-order valence-electron chi connectivity index (χ0n) is 18.3. The van der Waals surface area contributed by atoms with E-state index in [0.29, 0.717) is 0 Å². The lowest BCUT2D eigenvalue weighted by Crippen LogP contribution is -2.10.